The summed E-state index contributed by atoms with van der Waals surface area (Å²) in [4.78, 5) is 0. The van der Waals surface area contributed by atoms with Crippen molar-refractivity contribution >= 4 is 11.4 Å². The second-order valence-corrected chi connectivity index (χ2v) is 4.79. The number of halogens is 1. The second kappa shape index (κ2) is 5.22. The molecule has 2 unspecified atom stereocenters. The van der Waals surface area contributed by atoms with Gasteiger partial charge in [-0.05, 0) is 6.92 Å². The van der Waals surface area contributed by atoms with Crippen molar-refractivity contribution in [1.29, 1.82) is 0 Å². The van der Waals surface area contributed by atoms with Crippen molar-refractivity contribution in [2.24, 2.45) is 0 Å². The molecule has 0 saturated carbocycles. The van der Waals surface area contributed by atoms with Crippen LogP contribution in [0, 0.1) is 5.82 Å². The highest BCUT2D eigenvalue weighted by molar-refractivity contribution is 5.62. The van der Waals surface area contributed by atoms with E-state index in [-0.39, 0.29) is 24.0 Å². The fourth-order valence-electron chi connectivity index (χ4n) is 2.13. The van der Waals surface area contributed by atoms with E-state index in [0.717, 1.165) is 0 Å². The fraction of sp³-hybridized carbons (Fsp3) is 0.538. The minimum atomic E-state index is -0.985. The van der Waals surface area contributed by atoms with Gasteiger partial charge in [-0.2, -0.15) is 0 Å². The Kier molecular flexibility index (Phi) is 3.82. The van der Waals surface area contributed by atoms with Gasteiger partial charge in [-0.3, -0.25) is 0 Å². The summed E-state index contributed by atoms with van der Waals surface area (Å²) < 4.78 is 24.1. The Morgan fingerprint density at radius 3 is 2.95 bits per heavy atom. The lowest BCUT2D eigenvalue weighted by Gasteiger charge is -2.27. The Bertz CT molecular complexity index is 469. The van der Waals surface area contributed by atoms with Gasteiger partial charge in [-0.25, -0.2) is 4.39 Å². The Balaban J connectivity index is 2.11. The van der Waals surface area contributed by atoms with Crippen LogP contribution in [0.3, 0.4) is 0 Å². The minimum absolute atomic E-state index is 0.207. The summed E-state index contributed by atoms with van der Waals surface area (Å²) in [6.07, 6.45) is 0.244. The minimum Gasteiger partial charge on any atom is -0.495 e. The molecule has 1 aliphatic rings. The average molecular weight is 270 g/mol. The van der Waals surface area contributed by atoms with Crippen LogP contribution in [-0.2, 0) is 4.74 Å². The summed E-state index contributed by atoms with van der Waals surface area (Å²) in [7, 11) is 1.47. The maximum atomic E-state index is 13.8. The molecule has 6 heteroatoms. The number of anilines is 2. The van der Waals surface area contributed by atoms with E-state index in [4.69, 9.17) is 15.2 Å². The van der Waals surface area contributed by atoms with Gasteiger partial charge >= 0.3 is 0 Å². The molecule has 0 aromatic heterocycles. The molecule has 106 valence electrons. The zero-order valence-corrected chi connectivity index (χ0v) is 11.1. The van der Waals surface area contributed by atoms with Crippen LogP contribution in [0.25, 0.3) is 0 Å². The van der Waals surface area contributed by atoms with Crippen LogP contribution in [-0.4, -0.2) is 37.1 Å². The van der Waals surface area contributed by atoms with Crippen LogP contribution >= 0.6 is 0 Å². The summed E-state index contributed by atoms with van der Waals surface area (Å²) in [5, 5.41) is 13.2. The van der Waals surface area contributed by atoms with Crippen molar-refractivity contribution in [2.45, 2.75) is 25.0 Å². The first kappa shape index (κ1) is 13.9. The van der Waals surface area contributed by atoms with E-state index < -0.39 is 11.4 Å². The molecule has 0 bridgehead atoms. The third-order valence-electron chi connectivity index (χ3n) is 3.56. The van der Waals surface area contributed by atoms with Crippen molar-refractivity contribution in [1.82, 2.24) is 0 Å². The van der Waals surface area contributed by atoms with Crippen molar-refractivity contribution < 1.29 is 19.0 Å². The number of nitrogen functional groups attached to an aromatic ring is 1. The highest BCUT2D eigenvalue weighted by atomic mass is 19.1. The Labute approximate surface area is 111 Å². The molecule has 2 rings (SSSR count). The van der Waals surface area contributed by atoms with Crippen LogP contribution in [0.4, 0.5) is 15.8 Å². The number of nitrogens with one attached hydrogen (secondary N) is 1. The molecule has 1 aromatic carbocycles. The summed E-state index contributed by atoms with van der Waals surface area (Å²) in [6.45, 7) is 2.51. The first-order chi connectivity index (χ1) is 8.96. The Hall–Kier alpha value is -1.53. The third kappa shape index (κ3) is 2.74. The van der Waals surface area contributed by atoms with E-state index in [9.17, 15) is 9.50 Å². The van der Waals surface area contributed by atoms with Crippen LogP contribution in [0.5, 0.6) is 5.75 Å². The largest absolute Gasteiger partial charge is 0.495 e. The first-order valence-electron chi connectivity index (χ1n) is 6.17. The second-order valence-electron chi connectivity index (χ2n) is 4.79. The molecule has 0 spiro atoms. The molecule has 1 aliphatic heterocycles. The van der Waals surface area contributed by atoms with Crippen molar-refractivity contribution in [3.8, 4) is 5.75 Å². The molecule has 0 aliphatic carbocycles. The maximum Gasteiger partial charge on any atom is 0.148 e. The van der Waals surface area contributed by atoms with Gasteiger partial charge in [0.2, 0.25) is 0 Å². The maximum absolute atomic E-state index is 13.8. The van der Waals surface area contributed by atoms with Gasteiger partial charge in [-0.15, -0.1) is 0 Å². The zero-order valence-electron chi connectivity index (χ0n) is 11.1. The highest BCUT2D eigenvalue weighted by Gasteiger charge is 2.39. The number of methoxy groups -OCH3 is 1. The summed E-state index contributed by atoms with van der Waals surface area (Å²) >= 11 is 0. The summed E-state index contributed by atoms with van der Waals surface area (Å²) in [5.74, 6) is -0.0833. The lowest BCUT2D eigenvalue weighted by atomic mass is 9.96. The van der Waals surface area contributed by atoms with Crippen LogP contribution < -0.4 is 15.8 Å². The van der Waals surface area contributed by atoms with Crippen molar-refractivity contribution in [3.05, 3.63) is 17.9 Å². The van der Waals surface area contributed by atoms with E-state index >= 15 is 0 Å². The fourth-order valence-corrected chi connectivity index (χ4v) is 2.13. The van der Waals surface area contributed by atoms with Gasteiger partial charge in [0.1, 0.15) is 17.2 Å². The monoisotopic (exact) mass is 270 g/mol. The average Bonchev–Trinajstić information content (AvgIpc) is 2.69. The van der Waals surface area contributed by atoms with E-state index in [1.807, 2.05) is 0 Å². The molecular formula is C13H19FN2O3. The topological polar surface area (TPSA) is 76.7 Å². The molecule has 2 atom stereocenters. The van der Waals surface area contributed by atoms with E-state index in [1.165, 1.54) is 19.2 Å². The van der Waals surface area contributed by atoms with E-state index in [0.29, 0.717) is 18.8 Å². The van der Waals surface area contributed by atoms with Crippen LogP contribution in [0.15, 0.2) is 12.1 Å². The number of ether oxygens (including phenoxy) is 2. The quantitative estimate of drug-likeness (QED) is 0.720. The van der Waals surface area contributed by atoms with Crippen LogP contribution in [0.2, 0.25) is 0 Å². The number of benzene rings is 1. The Morgan fingerprint density at radius 2 is 2.37 bits per heavy atom. The number of aliphatic hydroxyl groups is 1. The molecule has 1 saturated heterocycles. The standard InChI is InChI=1S/C13H19FN2O3/c1-8-13(17,3-4-19-8)7-16-11-6-12(18-2)10(15)5-9(11)14/h5-6,8,16-17H,3-4,7,15H2,1-2H3. The summed E-state index contributed by atoms with van der Waals surface area (Å²) in [5.41, 5.74) is 5.11. The number of hydrogen-bond acceptors (Lipinski definition) is 5. The number of nitrogens with two attached hydrogens (primary N) is 1. The van der Waals surface area contributed by atoms with Gasteiger partial charge in [0.25, 0.3) is 0 Å². The van der Waals surface area contributed by atoms with Gasteiger partial charge < -0.3 is 25.6 Å². The summed E-state index contributed by atoms with van der Waals surface area (Å²) in [6, 6.07) is 2.67. The van der Waals surface area contributed by atoms with Gasteiger partial charge in [0.05, 0.1) is 24.6 Å². The molecule has 0 amide bonds. The smallest absolute Gasteiger partial charge is 0.148 e. The normalized spacial score (nSPS) is 26.4. The molecule has 19 heavy (non-hydrogen) atoms. The predicted molar refractivity (Wildman–Crippen MR) is 70.8 cm³/mol. The SMILES string of the molecule is COc1cc(NCC2(O)CCOC2C)c(F)cc1N. The van der Waals surface area contributed by atoms with Gasteiger partial charge in [0.15, 0.2) is 0 Å². The zero-order chi connectivity index (χ0) is 14.0. The van der Waals surface area contributed by atoms with Crippen molar-refractivity contribution in [2.75, 3.05) is 31.3 Å². The van der Waals surface area contributed by atoms with E-state index in [1.54, 1.807) is 6.92 Å². The van der Waals surface area contributed by atoms with Crippen LogP contribution in [0.1, 0.15) is 13.3 Å². The van der Waals surface area contributed by atoms with E-state index in [2.05, 4.69) is 5.32 Å². The Morgan fingerprint density at radius 1 is 1.63 bits per heavy atom. The lowest BCUT2D eigenvalue weighted by Crippen LogP contribution is -2.43. The highest BCUT2D eigenvalue weighted by Crippen LogP contribution is 2.30. The first-order valence-corrected chi connectivity index (χ1v) is 6.17. The molecule has 4 N–H and O–H groups in total. The third-order valence-corrected chi connectivity index (χ3v) is 3.56. The molecule has 1 heterocycles. The van der Waals surface area contributed by atoms with Crippen molar-refractivity contribution in [3.63, 3.8) is 0 Å². The van der Waals surface area contributed by atoms with Gasteiger partial charge in [0, 0.05) is 31.7 Å². The molecule has 1 fully saturated rings. The molecule has 5 nitrogen and oxygen atoms in total. The molecule has 1 aromatic rings. The molecule has 0 radical (unpaired) electrons. The number of rotatable bonds is 4. The lowest BCUT2D eigenvalue weighted by molar-refractivity contribution is -0.0176. The van der Waals surface area contributed by atoms with Gasteiger partial charge in [-0.1, -0.05) is 0 Å². The number of hydrogen-bond donors (Lipinski definition) is 3. The predicted octanol–water partition coefficient (Wildman–Crippen LogP) is 1.37. The molecular weight excluding hydrogens is 251 g/mol.